The van der Waals surface area contributed by atoms with Gasteiger partial charge in [0.25, 0.3) is 5.92 Å². The van der Waals surface area contributed by atoms with E-state index >= 15 is 0 Å². The zero-order valence-electron chi connectivity index (χ0n) is 9.17. The van der Waals surface area contributed by atoms with Crippen LogP contribution in [0, 0.1) is 6.92 Å². The van der Waals surface area contributed by atoms with E-state index in [1.807, 2.05) is 0 Å². The van der Waals surface area contributed by atoms with Gasteiger partial charge in [-0.1, -0.05) is 6.07 Å². The molecule has 0 atom stereocenters. The fourth-order valence-electron chi connectivity index (χ4n) is 1.80. The normalized spacial score (nSPS) is 12.2. The average molecular weight is 225 g/mol. The molecule has 0 bridgehead atoms. The van der Waals surface area contributed by atoms with E-state index in [1.165, 1.54) is 4.57 Å². The zero-order valence-corrected chi connectivity index (χ0v) is 9.17. The maximum Gasteiger partial charge on any atom is 0.262 e. The van der Waals surface area contributed by atoms with Crippen molar-refractivity contribution >= 4 is 16.7 Å². The fourth-order valence-corrected chi connectivity index (χ4v) is 1.80. The summed E-state index contributed by atoms with van der Waals surface area (Å²) in [5.41, 5.74) is 7.50. The van der Waals surface area contributed by atoms with Gasteiger partial charge in [-0.2, -0.15) is 0 Å². The first-order valence-electron chi connectivity index (χ1n) is 4.97. The third-order valence-electron chi connectivity index (χ3n) is 2.42. The summed E-state index contributed by atoms with van der Waals surface area (Å²) < 4.78 is 27.5. The highest BCUT2D eigenvalue weighted by Crippen LogP contribution is 2.25. The molecule has 5 heteroatoms. The van der Waals surface area contributed by atoms with Gasteiger partial charge in [0.05, 0.1) is 23.3 Å². The summed E-state index contributed by atoms with van der Waals surface area (Å²) in [5.74, 6) is -2.23. The van der Waals surface area contributed by atoms with E-state index < -0.39 is 12.5 Å². The standard InChI is InChI=1S/C11H13F2N3/c1-7-15-9-5-3-4-8(14)10(9)16(7)6-11(2,12)13/h3-5H,6,14H2,1-2H3. The largest absolute Gasteiger partial charge is 0.397 e. The molecule has 0 radical (unpaired) electrons. The van der Waals surface area contributed by atoms with Crippen LogP contribution in [0.25, 0.3) is 11.0 Å². The van der Waals surface area contributed by atoms with Gasteiger partial charge in [-0.3, -0.25) is 0 Å². The minimum atomic E-state index is -2.78. The summed E-state index contributed by atoms with van der Waals surface area (Å²) in [6.45, 7) is 2.19. The molecule has 2 rings (SSSR count). The molecule has 0 aliphatic rings. The first kappa shape index (κ1) is 10.9. The summed E-state index contributed by atoms with van der Waals surface area (Å²) in [4.78, 5) is 4.21. The Kier molecular flexibility index (Phi) is 2.33. The number of aromatic nitrogens is 2. The molecule has 0 aliphatic carbocycles. The molecule has 0 aliphatic heterocycles. The van der Waals surface area contributed by atoms with Gasteiger partial charge in [-0.05, 0) is 19.1 Å². The first-order chi connectivity index (χ1) is 7.38. The molecule has 2 aromatic rings. The molecule has 0 saturated heterocycles. The highest BCUT2D eigenvalue weighted by atomic mass is 19.3. The highest BCUT2D eigenvalue weighted by molar-refractivity contribution is 5.87. The Morgan fingerprint density at radius 1 is 1.44 bits per heavy atom. The van der Waals surface area contributed by atoms with E-state index in [0.717, 1.165) is 6.92 Å². The van der Waals surface area contributed by atoms with Crippen LogP contribution in [0.1, 0.15) is 12.7 Å². The van der Waals surface area contributed by atoms with Gasteiger partial charge in [-0.25, -0.2) is 13.8 Å². The van der Waals surface area contributed by atoms with Gasteiger partial charge in [-0.15, -0.1) is 0 Å². The van der Waals surface area contributed by atoms with E-state index in [4.69, 9.17) is 5.73 Å². The minimum absolute atomic E-state index is 0.399. The molecule has 1 aromatic carbocycles. The van der Waals surface area contributed by atoms with Crippen LogP contribution in [-0.4, -0.2) is 15.5 Å². The van der Waals surface area contributed by atoms with Crippen molar-refractivity contribution in [2.24, 2.45) is 0 Å². The van der Waals surface area contributed by atoms with Gasteiger partial charge in [0.1, 0.15) is 5.82 Å². The number of hydrogen-bond donors (Lipinski definition) is 1. The Hall–Kier alpha value is -1.65. The maximum absolute atomic E-state index is 13.0. The van der Waals surface area contributed by atoms with Crippen LogP contribution in [0.2, 0.25) is 0 Å². The summed E-state index contributed by atoms with van der Waals surface area (Å²) in [5, 5.41) is 0. The third-order valence-corrected chi connectivity index (χ3v) is 2.42. The molecule has 16 heavy (non-hydrogen) atoms. The Morgan fingerprint density at radius 2 is 2.12 bits per heavy atom. The van der Waals surface area contributed by atoms with E-state index in [2.05, 4.69) is 4.98 Å². The first-order valence-corrected chi connectivity index (χ1v) is 4.97. The molecule has 3 nitrogen and oxygen atoms in total. The summed E-state index contributed by atoms with van der Waals surface area (Å²) >= 11 is 0. The SMILES string of the molecule is Cc1nc2cccc(N)c2n1CC(C)(F)F. The van der Waals surface area contributed by atoms with Crippen molar-refractivity contribution in [2.45, 2.75) is 26.3 Å². The number of benzene rings is 1. The van der Waals surface area contributed by atoms with Crippen molar-refractivity contribution in [3.05, 3.63) is 24.0 Å². The van der Waals surface area contributed by atoms with Crippen LogP contribution >= 0.6 is 0 Å². The van der Waals surface area contributed by atoms with E-state index in [9.17, 15) is 8.78 Å². The van der Waals surface area contributed by atoms with Crippen LogP contribution in [0.5, 0.6) is 0 Å². The number of halogens is 2. The van der Waals surface area contributed by atoms with Crippen LogP contribution in [0.15, 0.2) is 18.2 Å². The molecule has 1 heterocycles. The predicted molar refractivity (Wildman–Crippen MR) is 59.5 cm³/mol. The average Bonchev–Trinajstić information content (AvgIpc) is 2.42. The topological polar surface area (TPSA) is 43.8 Å². The van der Waals surface area contributed by atoms with E-state index in [0.29, 0.717) is 22.5 Å². The second kappa shape index (κ2) is 3.43. The number of anilines is 1. The van der Waals surface area contributed by atoms with Crippen LogP contribution in [-0.2, 0) is 6.54 Å². The number of rotatable bonds is 2. The van der Waals surface area contributed by atoms with Gasteiger partial charge in [0.2, 0.25) is 0 Å². The number of nitrogens with two attached hydrogens (primary N) is 1. The van der Waals surface area contributed by atoms with Crippen molar-refractivity contribution in [3.63, 3.8) is 0 Å². The Balaban J connectivity index is 2.64. The second-order valence-electron chi connectivity index (χ2n) is 4.03. The number of aryl methyl sites for hydroxylation is 1. The number of nitrogens with zero attached hydrogens (tertiary/aromatic N) is 2. The van der Waals surface area contributed by atoms with E-state index in [-0.39, 0.29) is 0 Å². The molecule has 0 unspecified atom stereocenters. The van der Waals surface area contributed by atoms with E-state index in [1.54, 1.807) is 25.1 Å². The van der Waals surface area contributed by atoms with Crippen molar-refractivity contribution in [2.75, 3.05) is 5.73 Å². The Labute approximate surface area is 91.9 Å². The lowest BCUT2D eigenvalue weighted by Gasteiger charge is -2.13. The summed E-state index contributed by atoms with van der Waals surface area (Å²) in [6.07, 6.45) is 0. The molecule has 0 saturated carbocycles. The van der Waals surface area contributed by atoms with Gasteiger partial charge >= 0.3 is 0 Å². The van der Waals surface area contributed by atoms with Gasteiger partial charge in [0, 0.05) is 6.92 Å². The monoisotopic (exact) mass is 225 g/mol. The molecule has 1 aromatic heterocycles. The highest BCUT2D eigenvalue weighted by Gasteiger charge is 2.24. The fraction of sp³-hybridized carbons (Fsp3) is 0.364. The lowest BCUT2D eigenvalue weighted by Crippen LogP contribution is -2.20. The lowest BCUT2D eigenvalue weighted by atomic mass is 10.2. The molecule has 0 fully saturated rings. The molecule has 2 N–H and O–H groups in total. The molecule has 86 valence electrons. The maximum atomic E-state index is 13.0. The smallest absolute Gasteiger partial charge is 0.262 e. The van der Waals surface area contributed by atoms with Crippen molar-refractivity contribution in [1.29, 1.82) is 0 Å². The number of imidazole rings is 1. The van der Waals surface area contributed by atoms with Crippen molar-refractivity contribution in [3.8, 4) is 0 Å². The lowest BCUT2D eigenvalue weighted by molar-refractivity contribution is 0.00445. The summed E-state index contributed by atoms with van der Waals surface area (Å²) in [7, 11) is 0. The van der Waals surface area contributed by atoms with Gasteiger partial charge in [0.15, 0.2) is 0 Å². The third kappa shape index (κ3) is 1.85. The van der Waals surface area contributed by atoms with Gasteiger partial charge < -0.3 is 10.3 Å². The van der Waals surface area contributed by atoms with Crippen LogP contribution < -0.4 is 5.73 Å². The molecular formula is C11H13F2N3. The van der Waals surface area contributed by atoms with Crippen molar-refractivity contribution < 1.29 is 8.78 Å². The minimum Gasteiger partial charge on any atom is -0.397 e. The Morgan fingerprint density at radius 3 is 2.75 bits per heavy atom. The number of hydrogen-bond acceptors (Lipinski definition) is 2. The number of fused-ring (bicyclic) bond motifs is 1. The zero-order chi connectivity index (χ0) is 11.9. The Bertz CT molecular complexity index is 526. The summed E-state index contributed by atoms with van der Waals surface area (Å²) in [6, 6.07) is 5.22. The molecule has 0 amide bonds. The van der Waals surface area contributed by atoms with Crippen molar-refractivity contribution in [1.82, 2.24) is 9.55 Å². The quantitative estimate of drug-likeness (QED) is 0.798. The number of nitrogen functional groups attached to an aromatic ring is 1. The van der Waals surface area contributed by atoms with Crippen LogP contribution in [0.3, 0.4) is 0 Å². The molecular weight excluding hydrogens is 212 g/mol. The number of para-hydroxylation sites is 1. The predicted octanol–water partition coefficient (Wildman–Crippen LogP) is 2.58. The second-order valence-corrected chi connectivity index (χ2v) is 4.03. The van der Waals surface area contributed by atoms with Crippen LogP contribution in [0.4, 0.5) is 14.5 Å². The number of alkyl halides is 2. The molecule has 0 spiro atoms.